The highest BCUT2D eigenvalue weighted by molar-refractivity contribution is 5.83. The highest BCUT2D eigenvalue weighted by atomic mass is 16.4. The van der Waals surface area contributed by atoms with E-state index in [9.17, 15) is 9.59 Å². The molecule has 0 aromatic heterocycles. The lowest BCUT2D eigenvalue weighted by Gasteiger charge is -2.20. The van der Waals surface area contributed by atoms with Crippen molar-refractivity contribution in [3.8, 4) is 0 Å². The van der Waals surface area contributed by atoms with Gasteiger partial charge >= 0.3 is 5.97 Å². The van der Waals surface area contributed by atoms with Gasteiger partial charge in [0.2, 0.25) is 0 Å². The predicted molar refractivity (Wildman–Crippen MR) is 56.3 cm³/mol. The third kappa shape index (κ3) is 2.89. The van der Waals surface area contributed by atoms with Crippen LogP contribution in [0.5, 0.6) is 0 Å². The van der Waals surface area contributed by atoms with Gasteiger partial charge in [-0.1, -0.05) is 12.2 Å². The molecule has 1 aliphatic rings. The van der Waals surface area contributed by atoms with Crippen LogP contribution >= 0.6 is 0 Å². The Balaban J connectivity index is 2.67. The summed E-state index contributed by atoms with van der Waals surface area (Å²) < 4.78 is 0. The van der Waals surface area contributed by atoms with Crippen molar-refractivity contribution in [2.24, 2.45) is 17.6 Å². The standard InChI is InChI=1S/C11H17NO3/c1-2-3-4-7-5-8(13)6-9(7)10(12)11(14)15/h2-3,7,9-10H,4-6,12H2,1H3,(H,14,15). The molecule has 3 atom stereocenters. The average Bonchev–Trinajstić information content (AvgIpc) is 2.55. The van der Waals surface area contributed by atoms with E-state index in [2.05, 4.69) is 0 Å². The molecule has 0 heterocycles. The van der Waals surface area contributed by atoms with Crippen LogP contribution in [0.1, 0.15) is 26.2 Å². The molecule has 0 radical (unpaired) electrons. The molecule has 84 valence electrons. The number of carboxylic acid groups (broad SMARTS) is 1. The zero-order chi connectivity index (χ0) is 11.4. The fraction of sp³-hybridized carbons (Fsp3) is 0.636. The van der Waals surface area contributed by atoms with Gasteiger partial charge < -0.3 is 10.8 Å². The van der Waals surface area contributed by atoms with Crippen LogP contribution in [0.4, 0.5) is 0 Å². The second-order valence-corrected chi connectivity index (χ2v) is 4.04. The summed E-state index contributed by atoms with van der Waals surface area (Å²) in [5.41, 5.74) is 5.57. The molecule has 0 aliphatic heterocycles. The molecule has 1 fully saturated rings. The molecule has 0 spiro atoms. The maximum Gasteiger partial charge on any atom is 0.320 e. The minimum atomic E-state index is -1.01. The first-order chi connectivity index (χ1) is 7.06. The van der Waals surface area contributed by atoms with Crippen molar-refractivity contribution >= 4 is 11.8 Å². The van der Waals surface area contributed by atoms with Gasteiger partial charge in [-0.3, -0.25) is 9.59 Å². The van der Waals surface area contributed by atoms with Gasteiger partial charge in [0.05, 0.1) is 0 Å². The van der Waals surface area contributed by atoms with E-state index in [1.54, 1.807) is 0 Å². The normalized spacial score (nSPS) is 28.5. The monoisotopic (exact) mass is 211 g/mol. The predicted octanol–water partition coefficient (Wildman–Crippen LogP) is 0.960. The van der Waals surface area contributed by atoms with E-state index in [-0.39, 0.29) is 17.6 Å². The number of Topliss-reactive ketones (excluding diaryl/α,β-unsaturated/α-hetero) is 1. The van der Waals surface area contributed by atoms with Crippen LogP contribution in [-0.2, 0) is 9.59 Å². The molecule has 0 saturated heterocycles. The Hall–Kier alpha value is -1.16. The van der Waals surface area contributed by atoms with Gasteiger partial charge in [0.25, 0.3) is 0 Å². The summed E-state index contributed by atoms with van der Waals surface area (Å²) in [6.45, 7) is 1.91. The smallest absolute Gasteiger partial charge is 0.320 e. The summed E-state index contributed by atoms with van der Waals surface area (Å²) >= 11 is 0. The van der Waals surface area contributed by atoms with E-state index in [4.69, 9.17) is 10.8 Å². The molecule has 0 aromatic rings. The van der Waals surface area contributed by atoms with E-state index in [1.807, 2.05) is 19.1 Å². The molecule has 0 bridgehead atoms. The average molecular weight is 211 g/mol. The third-order valence-corrected chi connectivity index (χ3v) is 2.98. The van der Waals surface area contributed by atoms with Gasteiger partial charge in [0.15, 0.2) is 0 Å². The van der Waals surface area contributed by atoms with Crippen molar-refractivity contribution in [1.82, 2.24) is 0 Å². The van der Waals surface area contributed by atoms with Gasteiger partial charge in [-0.2, -0.15) is 0 Å². The molecular formula is C11H17NO3. The van der Waals surface area contributed by atoms with Crippen molar-refractivity contribution in [2.45, 2.75) is 32.2 Å². The van der Waals surface area contributed by atoms with Crippen molar-refractivity contribution in [1.29, 1.82) is 0 Å². The van der Waals surface area contributed by atoms with Crippen LogP contribution in [-0.4, -0.2) is 22.9 Å². The Morgan fingerprint density at radius 2 is 2.33 bits per heavy atom. The Bertz CT molecular complexity index is 286. The minimum Gasteiger partial charge on any atom is -0.480 e. The SMILES string of the molecule is CC=CCC1CC(=O)CC1C(N)C(=O)O. The molecule has 0 amide bonds. The molecule has 15 heavy (non-hydrogen) atoms. The Kier molecular flexibility index (Phi) is 4.03. The lowest BCUT2D eigenvalue weighted by atomic mass is 9.87. The molecule has 1 rings (SSSR count). The maximum absolute atomic E-state index is 11.3. The van der Waals surface area contributed by atoms with Crippen LogP contribution in [0.3, 0.4) is 0 Å². The lowest BCUT2D eigenvalue weighted by molar-refractivity contribution is -0.140. The summed E-state index contributed by atoms with van der Waals surface area (Å²) in [4.78, 5) is 22.0. The van der Waals surface area contributed by atoms with Crippen LogP contribution in [0.2, 0.25) is 0 Å². The van der Waals surface area contributed by atoms with Crippen LogP contribution in [0.25, 0.3) is 0 Å². The number of aliphatic carboxylic acids is 1. The van der Waals surface area contributed by atoms with Crippen LogP contribution in [0.15, 0.2) is 12.2 Å². The highest BCUT2D eigenvalue weighted by Gasteiger charge is 2.38. The first kappa shape index (κ1) is 11.9. The van der Waals surface area contributed by atoms with Crippen LogP contribution < -0.4 is 5.73 Å². The number of hydrogen-bond donors (Lipinski definition) is 2. The zero-order valence-corrected chi connectivity index (χ0v) is 8.85. The topological polar surface area (TPSA) is 80.4 Å². The minimum absolute atomic E-state index is 0.0970. The molecule has 3 unspecified atom stereocenters. The van der Waals surface area contributed by atoms with Gasteiger partial charge in [-0.15, -0.1) is 0 Å². The second kappa shape index (κ2) is 5.07. The second-order valence-electron chi connectivity index (χ2n) is 4.04. The fourth-order valence-corrected chi connectivity index (χ4v) is 2.13. The van der Waals surface area contributed by atoms with Crippen molar-refractivity contribution in [3.05, 3.63) is 12.2 Å². The van der Waals surface area contributed by atoms with E-state index in [0.717, 1.165) is 6.42 Å². The Labute approximate surface area is 89.2 Å². The number of carbonyl (C=O) groups is 2. The molecule has 0 aromatic carbocycles. The van der Waals surface area contributed by atoms with E-state index in [0.29, 0.717) is 12.8 Å². The first-order valence-electron chi connectivity index (χ1n) is 5.17. The van der Waals surface area contributed by atoms with Gasteiger partial charge in [-0.25, -0.2) is 0 Å². The summed E-state index contributed by atoms with van der Waals surface area (Å²) in [5.74, 6) is -0.989. The number of hydrogen-bond acceptors (Lipinski definition) is 3. The number of carboxylic acids is 1. The Morgan fingerprint density at radius 3 is 2.87 bits per heavy atom. The third-order valence-electron chi connectivity index (χ3n) is 2.98. The first-order valence-corrected chi connectivity index (χ1v) is 5.17. The fourth-order valence-electron chi connectivity index (χ4n) is 2.13. The number of rotatable bonds is 4. The van der Waals surface area contributed by atoms with Crippen molar-refractivity contribution in [2.75, 3.05) is 0 Å². The molecule has 4 heteroatoms. The van der Waals surface area contributed by atoms with Gasteiger partial charge in [-0.05, 0) is 25.2 Å². The summed E-state index contributed by atoms with van der Waals surface area (Å²) in [7, 11) is 0. The molecular weight excluding hydrogens is 194 g/mol. The number of allylic oxidation sites excluding steroid dienone is 2. The highest BCUT2D eigenvalue weighted by Crippen LogP contribution is 2.34. The van der Waals surface area contributed by atoms with Crippen molar-refractivity contribution < 1.29 is 14.7 Å². The van der Waals surface area contributed by atoms with Gasteiger partial charge in [0.1, 0.15) is 11.8 Å². The largest absolute Gasteiger partial charge is 0.480 e. The summed E-state index contributed by atoms with van der Waals surface area (Å²) in [6, 6.07) is -0.910. The number of carbonyl (C=O) groups excluding carboxylic acids is 1. The number of nitrogens with two attached hydrogens (primary N) is 1. The lowest BCUT2D eigenvalue weighted by Crippen LogP contribution is -2.39. The molecule has 3 N–H and O–H groups in total. The number of ketones is 1. The quantitative estimate of drug-likeness (QED) is 0.679. The van der Waals surface area contributed by atoms with E-state index in [1.165, 1.54) is 0 Å². The van der Waals surface area contributed by atoms with E-state index < -0.39 is 12.0 Å². The molecule has 4 nitrogen and oxygen atoms in total. The zero-order valence-electron chi connectivity index (χ0n) is 8.85. The van der Waals surface area contributed by atoms with E-state index >= 15 is 0 Å². The maximum atomic E-state index is 11.3. The Morgan fingerprint density at radius 1 is 1.67 bits per heavy atom. The van der Waals surface area contributed by atoms with Crippen LogP contribution in [0, 0.1) is 11.8 Å². The summed E-state index contributed by atoms with van der Waals surface area (Å²) in [6.07, 6.45) is 5.40. The molecule has 1 saturated carbocycles. The molecule has 1 aliphatic carbocycles. The van der Waals surface area contributed by atoms with Gasteiger partial charge in [0, 0.05) is 12.8 Å². The van der Waals surface area contributed by atoms with Crippen molar-refractivity contribution in [3.63, 3.8) is 0 Å². The summed E-state index contributed by atoms with van der Waals surface area (Å²) in [5, 5.41) is 8.82.